The molecule has 0 aliphatic carbocycles. The summed E-state index contributed by atoms with van der Waals surface area (Å²) in [5.74, 6) is 0. The van der Waals surface area contributed by atoms with Crippen molar-refractivity contribution >= 4 is 27.9 Å². The van der Waals surface area contributed by atoms with Crippen LogP contribution in [0.2, 0.25) is 0 Å². The van der Waals surface area contributed by atoms with Crippen LogP contribution in [0.1, 0.15) is 15.9 Å². The smallest absolute Gasteiger partial charge is 0.252 e. The van der Waals surface area contributed by atoms with Crippen molar-refractivity contribution in [3.05, 3.63) is 29.6 Å². The van der Waals surface area contributed by atoms with Crippen LogP contribution in [-0.2, 0) is 6.61 Å². The van der Waals surface area contributed by atoms with Crippen molar-refractivity contribution in [1.82, 2.24) is 9.97 Å². The van der Waals surface area contributed by atoms with Crippen molar-refractivity contribution in [1.29, 1.82) is 0 Å². The Hall–Kier alpha value is -1.39. The molecule has 72 valence electrons. The van der Waals surface area contributed by atoms with E-state index in [1.165, 1.54) is 6.33 Å². The molecule has 2 aromatic rings. The first-order chi connectivity index (χ1) is 6.72. The number of aromatic amines is 1. The number of halogens is 1. The SMILES string of the molecule is O=C(Cl)c1cc(CO)c2nc[nH]c2c1. The van der Waals surface area contributed by atoms with Crippen molar-refractivity contribution in [2.45, 2.75) is 6.61 Å². The third-order valence-electron chi connectivity index (χ3n) is 2.00. The third-order valence-corrected chi connectivity index (χ3v) is 2.22. The minimum absolute atomic E-state index is 0.167. The molecule has 0 aliphatic rings. The van der Waals surface area contributed by atoms with Crippen LogP contribution in [0.15, 0.2) is 18.5 Å². The molecule has 0 atom stereocenters. The summed E-state index contributed by atoms with van der Waals surface area (Å²) in [5.41, 5.74) is 2.30. The molecule has 0 saturated carbocycles. The number of carbonyl (C=O) groups excluding carboxylic acids is 1. The number of hydrogen-bond acceptors (Lipinski definition) is 3. The van der Waals surface area contributed by atoms with Gasteiger partial charge in [0.2, 0.25) is 0 Å². The number of imidazole rings is 1. The first-order valence-electron chi connectivity index (χ1n) is 3.99. The maximum absolute atomic E-state index is 10.9. The Morgan fingerprint density at radius 3 is 3.00 bits per heavy atom. The van der Waals surface area contributed by atoms with Crippen molar-refractivity contribution in [3.8, 4) is 0 Å². The van der Waals surface area contributed by atoms with Crippen LogP contribution in [0, 0.1) is 0 Å². The van der Waals surface area contributed by atoms with Crippen LogP contribution in [0.25, 0.3) is 11.0 Å². The number of benzene rings is 1. The molecule has 2 N–H and O–H groups in total. The first kappa shape index (κ1) is 9.18. The number of nitrogens with zero attached hydrogens (tertiary/aromatic N) is 1. The number of fused-ring (bicyclic) bond motifs is 1. The van der Waals surface area contributed by atoms with Crippen LogP contribution >= 0.6 is 11.6 Å². The number of H-pyrrole nitrogens is 1. The lowest BCUT2D eigenvalue weighted by Gasteiger charge is -2.00. The van der Waals surface area contributed by atoms with E-state index in [1.807, 2.05) is 0 Å². The van der Waals surface area contributed by atoms with E-state index in [-0.39, 0.29) is 6.61 Å². The Kier molecular flexibility index (Phi) is 2.23. The predicted molar refractivity (Wildman–Crippen MR) is 52.2 cm³/mol. The lowest BCUT2D eigenvalue weighted by atomic mass is 10.1. The van der Waals surface area contributed by atoms with E-state index in [2.05, 4.69) is 9.97 Å². The monoisotopic (exact) mass is 210 g/mol. The van der Waals surface area contributed by atoms with Crippen LogP contribution in [0.4, 0.5) is 0 Å². The van der Waals surface area contributed by atoms with Gasteiger partial charge in [-0.1, -0.05) is 0 Å². The van der Waals surface area contributed by atoms with Crippen molar-refractivity contribution in [2.24, 2.45) is 0 Å². The van der Waals surface area contributed by atoms with Crippen LogP contribution in [0.5, 0.6) is 0 Å². The molecule has 14 heavy (non-hydrogen) atoms. The van der Waals surface area contributed by atoms with E-state index in [0.717, 1.165) is 0 Å². The Labute approximate surface area is 84.5 Å². The van der Waals surface area contributed by atoms with Gasteiger partial charge in [-0.3, -0.25) is 4.79 Å². The second kappa shape index (κ2) is 3.40. The number of carbonyl (C=O) groups is 1. The fourth-order valence-corrected chi connectivity index (χ4v) is 1.47. The van der Waals surface area contributed by atoms with Crippen LogP contribution < -0.4 is 0 Å². The third kappa shape index (κ3) is 1.38. The molecule has 0 bridgehead atoms. The number of aliphatic hydroxyl groups is 1. The quantitative estimate of drug-likeness (QED) is 0.737. The molecular formula is C9H7ClN2O2. The van der Waals surface area contributed by atoms with Crippen molar-refractivity contribution in [2.75, 3.05) is 0 Å². The summed E-state index contributed by atoms with van der Waals surface area (Å²) in [4.78, 5) is 17.8. The lowest BCUT2D eigenvalue weighted by molar-refractivity contribution is 0.108. The summed E-state index contributed by atoms with van der Waals surface area (Å²) in [5, 5.41) is 8.51. The number of aromatic nitrogens is 2. The summed E-state index contributed by atoms with van der Waals surface area (Å²) < 4.78 is 0. The van der Waals surface area contributed by atoms with Gasteiger partial charge >= 0.3 is 0 Å². The molecule has 5 heteroatoms. The molecule has 1 heterocycles. The normalized spacial score (nSPS) is 10.7. The maximum Gasteiger partial charge on any atom is 0.252 e. The zero-order chi connectivity index (χ0) is 10.1. The summed E-state index contributed by atoms with van der Waals surface area (Å²) >= 11 is 5.34. The van der Waals surface area contributed by atoms with Gasteiger partial charge in [0, 0.05) is 11.1 Å². The van der Waals surface area contributed by atoms with Gasteiger partial charge in [-0.25, -0.2) is 4.98 Å². The highest BCUT2D eigenvalue weighted by Crippen LogP contribution is 2.19. The number of aliphatic hydroxyl groups excluding tert-OH is 1. The lowest BCUT2D eigenvalue weighted by Crippen LogP contribution is -1.93. The van der Waals surface area contributed by atoms with E-state index >= 15 is 0 Å². The minimum atomic E-state index is -0.545. The van der Waals surface area contributed by atoms with Gasteiger partial charge in [0.05, 0.1) is 24.0 Å². The fourth-order valence-electron chi connectivity index (χ4n) is 1.36. The van der Waals surface area contributed by atoms with Crippen LogP contribution in [-0.4, -0.2) is 20.3 Å². The second-order valence-electron chi connectivity index (χ2n) is 2.87. The molecule has 0 amide bonds. The Balaban J connectivity index is 2.73. The van der Waals surface area contributed by atoms with Gasteiger partial charge in [0.25, 0.3) is 5.24 Å². The zero-order valence-electron chi connectivity index (χ0n) is 7.12. The average Bonchev–Trinajstić information content (AvgIpc) is 2.63. The van der Waals surface area contributed by atoms with Gasteiger partial charge in [0.1, 0.15) is 0 Å². The fraction of sp³-hybridized carbons (Fsp3) is 0.111. The molecule has 0 aliphatic heterocycles. The molecule has 0 saturated heterocycles. The minimum Gasteiger partial charge on any atom is -0.392 e. The first-order valence-corrected chi connectivity index (χ1v) is 4.37. The molecule has 0 spiro atoms. The van der Waals surface area contributed by atoms with Gasteiger partial charge < -0.3 is 10.1 Å². The van der Waals surface area contributed by atoms with Gasteiger partial charge in [-0.05, 0) is 23.7 Å². The molecule has 1 aromatic heterocycles. The van der Waals surface area contributed by atoms with E-state index in [9.17, 15) is 4.79 Å². The molecular weight excluding hydrogens is 204 g/mol. The Bertz CT molecular complexity index is 493. The van der Waals surface area contributed by atoms with Gasteiger partial charge in [-0.15, -0.1) is 0 Å². The molecule has 0 radical (unpaired) electrons. The summed E-state index contributed by atoms with van der Waals surface area (Å²) in [6, 6.07) is 3.15. The number of nitrogens with one attached hydrogen (secondary N) is 1. The highest BCUT2D eigenvalue weighted by atomic mass is 35.5. The maximum atomic E-state index is 10.9. The van der Waals surface area contributed by atoms with Crippen molar-refractivity contribution < 1.29 is 9.90 Å². The van der Waals surface area contributed by atoms with Gasteiger partial charge in [0.15, 0.2) is 0 Å². The summed E-state index contributed by atoms with van der Waals surface area (Å²) in [6.45, 7) is -0.167. The Morgan fingerprint density at radius 2 is 2.36 bits per heavy atom. The van der Waals surface area contributed by atoms with Crippen molar-refractivity contribution in [3.63, 3.8) is 0 Å². The van der Waals surface area contributed by atoms with E-state index in [0.29, 0.717) is 22.2 Å². The topological polar surface area (TPSA) is 66.0 Å². The number of rotatable bonds is 2. The van der Waals surface area contributed by atoms with E-state index in [1.54, 1.807) is 12.1 Å². The molecule has 0 unspecified atom stereocenters. The van der Waals surface area contributed by atoms with E-state index in [4.69, 9.17) is 16.7 Å². The molecule has 1 aromatic carbocycles. The zero-order valence-corrected chi connectivity index (χ0v) is 7.88. The summed E-state index contributed by atoms with van der Waals surface area (Å²) in [6.07, 6.45) is 1.51. The van der Waals surface area contributed by atoms with Gasteiger partial charge in [-0.2, -0.15) is 0 Å². The average molecular weight is 211 g/mol. The highest BCUT2D eigenvalue weighted by molar-refractivity contribution is 6.67. The highest BCUT2D eigenvalue weighted by Gasteiger charge is 2.09. The van der Waals surface area contributed by atoms with Crippen LogP contribution in [0.3, 0.4) is 0 Å². The Morgan fingerprint density at radius 1 is 1.57 bits per heavy atom. The predicted octanol–water partition coefficient (Wildman–Crippen LogP) is 1.43. The molecule has 0 fully saturated rings. The largest absolute Gasteiger partial charge is 0.392 e. The summed E-state index contributed by atoms with van der Waals surface area (Å²) in [7, 11) is 0. The second-order valence-corrected chi connectivity index (χ2v) is 3.21. The molecule has 2 rings (SSSR count). The number of hydrogen-bond donors (Lipinski definition) is 2. The standard InChI is InChI=1S/C9H7ClN2O2/c10-9(14)5-1-6(3-13)8-7(2-5)11-4-12-8/h1-2,4,13H,3H2,(H,11,12). The molecule has 4 nitrogen and oxygen atoms in total. The van der Waals surface area contributed by atoms with E-state index < -0.39 is 5.24 Å².